The van der Waals surface area contributed by atoms with Crippen molar-refractivity contribution in [3.05, 3.63) is 30.0 Å². The summed E-state index contributed by atoms with van der Waals surface area (Å²) in [7, 11) is 0. The molecule has 1 saturated heterocycles. The van der Waals surface area contributed by atoms with Gasteiger partial charge >= 0.3 is 0 Å². The Morgan fingerprint density at radius 2 is 2.38 bits per heavy atom. The molecule has 1 unspecified atom stereocenters. The van der Waals surface area contributed by atoms with Gasteiger partial charge in [0.25, 0.3) is 0 Å². The lowest BCUT2D eigenvalue weighted by Crippen LogP contribution is -2.18. The molecule has 3 nitrogen and oxygen atoms in total. The third-order valence-electron chi connectivity index (χ3n) is 3.09. The second-order valence-electron chi connectivity index (χ2n) is 4.35. The van der Waals surface area contributed by atoms with Gasteiger partial charge in [0, 0.05) is 12.0 Å². The molecule has 1 radical (unpaired) electrons. The van der Waals surface area contributed by atoms with Gasteiger partial charge in [-0.05, 0) is 43.9 Å². The van der Waals surface area contributed by atoms with Gasteiger partial charge in [0.2, 0.25) is 0 Å². The molecule has 1 aromatic carbocycles. The maximum absolute atomic E-state index is 5.75. The molecule has 3 heteroatoms. The second kappa shape index (κ2) is 3.91. The number of ether oxygens (including phenoxy) is 1. The molecular weight excluding hydrogens is 200 g/mol. The van der Waals surface area contributed by atoms with Crippen molar-refractivity contribution < 1.29 is 4.74 Å². The fourth-order valence-corrected chi connectivity index (χ4v) is 2.24. The van der Waals surface area contributed by atoms with Crippen molar-refractivity contribution in [2.45, 2.75) is 32.4 Å². The third-order valence-corrected chi connectivity index (χ3v) is 3.09. The molecular formula is C13H15N2O. The molecule has 1 fully saturated rings. The molecule has 3 rings (SSSR count). The van der Waals surface area contributed by atoms with E-state index in [4.69, 9.17) is 4.74 Å². The number of hydrogen-bond acceptors (Lipinski definition) is 2. The van der Waals surface area contributed by atoms with Crippen LogP contribution in [0.1, 0.15) is 31.1 Å². The monoisotopic (exact) mass is 215 g/mol. The first-order valence-electron chi connectivity index (χ1n) is 5.82. The standard InChI is InChI=1S/C13H15N2O/c1-10-5-6-12-11(8-10)9-14-15(12)13-4-2-3-7-16-13/h5-6,9,13H,2-4,7H2,1H3. The summed E-state index contributed by atoms with van der Waals surface area (Å²) in [5.74, 6) is 0. The Bertz CT molecular complexity index is 498. The van der Waals surface area contributed by atoms with E-state index in [0.29, 0.717) is 0 Å². The van der Waals surface area contributed by atoms with Crippen LogP contribution in [0, 0.1) is 13.0 Å². The number of aryl methyl sites for hydroxylation is 1. The predicted molar refractivity (Wildman–Crippen MR) is 62.1 cm³/mol. The van der Waals surface area contributed by atoms with Crippen molar-refractivity contribution in [1.82, 2.24) is 9.78 Å². The van der Waals surface area contributed by atoms with E-state index < -0.39 is 0 Å². The van der Waals surface area contributed by atoms with Crippen LogP contribution in [0.2, 0.25) is 0 Å². The summed E-state index contributed by atoms with van der Waals surface area (Å²) in [6.07, 6.45) is 5.44. The van der Waals surface area contributed by atoms with Gasteiger partial charge in [0.1, 0.15) is 0 Å². The Balaban J connectivity index is 2.03. The summed E-state index contributed by atoms with van der Waals surface area (Å²) < 4.78 is 7.74. The van der Waals surface area contributed by atoms with Gasteiger partial charge < -0.3 is 4.74 Å². The zero-order chi connectivity index (χ0) is 11.0. The average Bonchev–Trinajstić information content (AvgIpc) is 2.73. The molecule has 0 amide bonds. The topological polar surface area (TPSA) is 27.1 Å². The summed E-state index contributed by atoms with van der Waals surface area (Å²) in [6.45, 7) is 2.90. The van der Waals surface area contributed by atoms with Crippen molar-refractivity contribution >= 4 is 10.9 Å². The first kappa shape index (κ1) is 9.85. The second-order valence-corrected chi connectivity index (χ2v) is 4.35. The van der Waals surface area contributed by atoms with Crippen molar-refractivity contribution in [2.75, 3.05) is 6.61 Å². The highest BCUT2D eigenvalue weighted by molar-refractivity contribution is 5.78. The van der Waals surface area contributed by atoms with Crippen LogP contribution >= 0.6 is 0 Å². The minimum atomic E-state index is 0.113. The maximum Gasteiger partial charge on any atom is 0.150 e. The minimum absolute atomic E-state index is 0.113. The number of hydrogen-bond donors (Lipinski definition) is 0. The van der Waals surface area contributed by atoms with E-state index in [1.165, 1.54) is 12.8 Å². The Morgan fingerprint density at radius 1 is 1.44 bits per heavy atom. The lowest BCUT2D eigenvalue weighted by Gasteiger charge is -2.23. The molecule has 16 heavy (non-hydrogen) atoms. The van der Waals surface area contributed by atoms with Gasteiger partial charge in [-0.3, -0.25) is 0 Å². The fraction of sp³-hybridized carbons (Fsp3) is 0.462. The number of benzene rings is 1. The maximum atomic E-state index is 5.75. The summed E-state index contributed by atoms with van der Waals surface area (Å²) in [5.41, 5.74) is 2.27. The molecule has 2 aromatic rings. The van der Waals surface area contributed by atoms with Crippen molar-refractivity contribution in [3.8, 4) is 0 Å². The number of aromatic nitrogens is 2. The van der Waals surface area contributed by atoms with Crippen LogP contribution in [0.15, 0.2) is 18.3 Å². The Morgan fingerprint density at radius 3 is 3.19 bits per heavy atom. The first-order valence-corrected chi connectivity index (χ1v) is 5.82. The summed E-state index contributed by atoms with van der Waals surface area (Å²) >= 11 is 0. The van der Waals surface area contributed by atoms with Crippen LogP contribution in [0.3, 0.4) is 0 Å². The van der Waals surface area contributed by atoms with E-state index in [0.717, 1.165) is 29.5 Å². The van der Waals surface area contributed by atoms with Gasteiger partial charge in [-0.25, -0.2) is 4.68 Å². The van der Waals surface area contributed by atoms with Gasteiger partial charge in [0.05, 0.1) is 11.7 Å². The van der Waals surface area contributed by atoms with Gasteiger partial charge in [-0.1, -0.05) is 6.07 Å². The zero-order valence-corrected chi connectivity index (χ0v) is 9.44. The molecule has 0 saturated carbocycles. The quantitative estimate of drug-likeness (QED) is 0.731. The normalized spacial score (nSPS) is 21.4. The van der Waals surface area contributed by atoms with Crippen LogP contribution < -0.4 is 0 Å². The van der Waals surface area contributed by atoms with E-state index in [1.54, 1.807) is 0 Å². The van der Waals surface area contributed by atoms with Crippen LogP contribution in [0.25, 0.3) is 10.9 Å². The molecule has 1 aromatic heterocycles. The Kier molecular flexibility index (Phi) is 2.40. The predicted octanol–water partition coefficient (Wildman–Crippen LogP) is 2.84. The van der Waals surface area contributed by atoms with E-state index in [-0.39, 0.29) is 6.23 Å². The van der Waals surface area contributed by atoms with Crippen LogP contribution in [-0.2, 0) is 4.74 Å². The van der Waals surface area contributed by atoms with E-state index in [9.17, 15) is 0 Å². The molecule has 0 spiro atoms. The largest absolute Gasteiger partial charge is 0.356 e. The third kappa shape index (κ3) is 1.61. The molecule has 0 aliphatic carbocycles. The number of rotatable bonds is 1. The Hall–Kier alpha value is -1.35. The highest BCUT2D eigenvalue weighted by Gasteiger charge is 2.18. The summed E-state index contributed by atoms with van der Waals surface area (Å²) in [6, 6.07) is 7.49. The summed E-state index contributed by atoms with van der Waals surface area (Å²) in [5, 5.41) is 5.50. The Labute approximate surface area is 95.0 Å². The minimum Gasteiger partial charge on any atom is -0.356 e. The first-order chi connectivity index (χ1) is 7.84. The fourth-order valence-electron chi connectivity index (χ4n) is 2.24. The smallest absolute Gasteiger partial charge is 0.150 e. The van der Waals surface area contributed by atoms with Gasteiger partial charge in [-0.2, -0.15) is 5.10 Å². The molecule has 0 N–H and O–H groups in total. The lowest BCUT2D eigenvalue weighted by molar-refractivity contribution is -0.0366. The van der Waals surface area contributed by atoms with Crippen LogP contribution in [0.5, 0.6) is 0 Å². The van der Waals surface area contributed by atoms with Gasteiger partial charge in [0.15, 0.2) is 6.23 Å². The average molecular weight is 215 g/mol. The number of fused-ring (bicyclic) bond motifs is 1. The van der Waals surface area contributed by atoms with Crippen LogP contribution in [-0.4, -0.2) is 16.4 Å². The SMILES string of the molecule is Cc1[c]c2cnn(C3CCCCO3)c2cc1. The molecule has 0 bridgehead atoms. The molecule has 1 aliphatic rings. The van der Waals surface area contributed by atoms with E-state index in [2.05, 4.69) is 23.3 Å². The highest BCUT2D eigenvalue weighted by atomic mass is 16.5. The van der Waals surface area contributed by atoms with Crippen LogP contribution in [0.4, 0.5) is 0 Å². The molecule has 2 heterocycles. The van der Waals surface area contributed by atoms with Crippen molar-refractivity contribution in [2.24, 2.45) is 0 Å². The summed E-state index contributed by atoms with van der Waals surface area (Å²) in [4.78, 5) is 0. The lowest BCUT2D eigenvalue weighted by atomic mass is 10.1. The van der Waals surface area contributed by atoms with E-state index >= 15 is 0 Å². The molecule has 1 aliphatic heterocycles. The van der Waals surface area contributed by atoms with Crippen molar-refractivity contribution in [1.29, 1.82) is 0 Å². The highest BCUT2D eigenvalue weighted by Crippen LogP contribution is 2.26. The molecule has 1 atom stereocenters. The van der Waals surface area contributed by atoms with E-state index in [1.807, 2.05) is 17.8 Å². The van der Waals surface area contributed by atoms with Crippen molar-refractivity contribution in [3.63, 3.8) is 0 Å². The zero-order valence-electron chi connectivity index (χ0n) is 9.44. The number of nitrogens with zero attached hydrogens (tertiary/aromatic N) is 2. The van der Waals surface area contributed by atoms with Gasteiger partial charge in [-0.15, -0.1) is 0 Å². The molecule has 83 valence electrons.